The Kier molecular flexibility index (Phi) is 5.06. The predicted octanol–water partition coefficient (Wildman–Crippen LogP) is 2.43. The van der Waals surface area contributed by atoms with E-state index in [1.54, 1.807) is 4.90 Å². The van der Waals surface area contributed by atoms with Gasteiger partial charge in [-0.3, -0.25) is 4.79 Å². The van der Waals surface area contributed by atoms with Crippen LogP contribution in [-0.2, 0) is 0 Å². The van der Waals surface area contributed by atoms with Crippen molar-refractivity contribution in [3.05, 3.63) is 35.4 Å². The first-order valence-corrected chi connectivity index (χ1v) is 7.07. The van der Waals surface area contributed by atoms with Crippen molar-refractivity contribution in [2.24, 2.45) is 5.92 Å². The zero-order chi connectivity index (χ0) is 14.5. The molecule has 0 aromatic heterocycles. The van der Waals surface area contributed by atoms with Crippen molar-refractivity contribution < 1.29 is 13.6 Å². The van der Waals surface area contributed by atoms with E-state index in [1.165, 1.54) is 0 Å². The number of hydrogen-bond acceptors (Lipinski definition) is 2. The average molecular weight is 282 g/mol. The number of hydrogen-bond donors (Lipinski definition) is 1. The summed E-state index contributed by atoms with van der Waals surface area (Å²) in [4.78, 5) is 13.9. The van der Waals surface area contributed by atoms with Crippen molar-refractivity contribution >= 4 is 5.91 Å². The maximum atomic E-state index is 13.7. The normalized spacial score (nSPS) is 16.1. The van der Waals surface area contributed by atoms with Gasteiger partial charge in [0.05, 0.1) is 5.56 Å². The summed E-state index contributed by atoms with van der Waals surface area (Å²) in [5, 5.41) is 3.27. The summed E-state index contributed by atoms with van der Waals surface area (Å²) in [5.41, 5.74) is -0.180. The number of halogens is 2. The fraction of sp³-hybridized carbons (Fsp3) is 0.533. The van der Waals surface area contributed by atoms with Crippen LogP contribution < -0.4 is 5.32 Å². The lowest BCUT2D eigenvalue weighted by molar-refractivity contribution is 0.0721. The molecule has 2 rings (SSSR count). The minimum atomic E-state index is -0.667. The molecule has 1 amide bonds. The number of rotatable bonds is 4. The van der Waals surface area contributed by atoms with Crippen molar-refractivity contribution in [3.63, 3.8) is 0 Å². The Morgan fingerprint density at radius 1 is 1.35 bits per heavy atom. The van der Waals surface area contributed by atoms with Gasteiger partial charge in [-0.15, -0.1) is 0 Å². The summed E-state index contributed by atoms with van der Waals surface area (Å²) < 4.78 is 26.9. The first-order valence-electron chi connectivity index (χ1n) is 7.07. The van der Waals surface area contributed by atoms with Crippen LogP contribution in [0.2, 0.25) is 0 Å². The molecule has 110 valence electrons. The molecule has 0 unspecified atom stereocenters. The molecule has 1 aromatic rings. The molecule has 0 aliphatic carbocycles. The van der Waals surface area contributed by atoms with Gasteiger partial charge in [0.1, 0.15) is 11.6 Å². The van der Waals surface area contributed by atoms with Gasteiger partial charge in [0.15, 0.2) is 0 Å². The molecule has 20 heavy (non-hydrogen) atoms. The largest absolute Gasteiger partial charge is 0.339 e. The van der Waals surface area contributed by atoms with Crippen molar-refractivity contribution in [1.82, 2.24) is 10.2 Å². The molecular weight excluding hydrogens is 262 g/mol. The van der Waals surface area contributed by atoms with Crippen LogP contribution in [0.15, 0.2) is 18.2 Å². The molecule has 1 heterocycles. The van der Waals surface area contributed by atoms with Gasteiger partial charge in [-0.1, -0.05) is 0 Å². The smallest absolute Gasteiger partial charge is 0.256 e. The predicted molar refractivity (Wildman–Crippen MR) is 73.5 cm³/mol. The van der Waals surface area contributed by atoms with Crippen LogP contribution in [0.4, 0.5) is 8.78 Å². The molecule has 0 saturated carbocycles. The fourth-order valence-corrected chi connectivity index (χ4v) is 2.56. The fourth-order valence-electron chi connectivity index (χ4n) is 2.56. The van der Waals surface area contributed by atoms with E-state index in [0.717, 1.165) is 44.1 Å². The molecule has 1 N–H and O–H groups in total. The second-order valence-electron chi connectivity index (χ2n) is 5.16. The molecule has 0 radical (unpaired) electrons. The highest BCUT2D eigenvalue weighted by Gasteiger charge is 2.23. The Labute approximate surface area is 118 Å². The molecule has 1 fully saturated rings. The number of piperidine rings is 1. The van der Waals surface area contributed by atoms with Crippen LogP contribution >= 0.6 is 0 Å². The molecule has 1 aromatic carbocycles. The van der Waals surface area contributed by atoms with Gasteiger partial charge in [-0.05, 0) is 57.0 Å². The maximum Gasteiger partial charge on any atom is 0.256 e. The molecule has 3 nitrogen and oxygen atoms in total. The second kappa shape index (κ2) is 6.79. The van der Waals surface area contributed by atoms with Crippen molar-refractivity contribution in [3.8, 4) is 0 Å². The highest BCUT2D eigenvalue weighted by molar-refractivity contribution is 5.94. The van der Waals surface area contributed by atoms with Gasteiger partial charge in [0.25, 0.3) is 5.91 Å². The second-order valence-corrected chi connectivity index (χ2v) is 5.16. The van der Waals surface area contributed by atoms with Crippen LogP contribution in [0.1, 0.15) is 30.1 Å². The van der Waals surface area contributed by atoms with Crippen molar-refractivity contribution in [1.29, 1.82) is 0 Å². The Bertz CT molecular complexity index is 473. The summed E-state index contributed by atoms with van der Waals surface area (Å²) in [6, 6.07) is 3.00. The number of amides is 1. The lowest BCUT2D eigenvalue weighted by atomic mass is 9.97. The molecule has 0 atom stereocenters. The quantitative estimate of drug-likeness (QED) is 0.920. The number of nitrogens with zero attached hydrogens (tertiary/aromatic N) is 1. The number of carbonyl (C=O) groups is 1. The van der Waals surface area contributed by atoms with E-state index in [1.807, 2.05) is 6.92 Å². The van der Waals surface area contributed by atoms with Gasteiger partial charge < -0.3 is 10.2 Å². The standard InChI is InChI=1S/C15H20F2N2O/c1-2-19(10-11-5-7-18-8-6-11)15(20)13-9-12(16)3-4-14(13)17/h3-4,9,11,18H,2,5-8,10H2,1H3. The van der Waals surface area contributed by atoms with Gasteiger partial charge in [0.2, 0.25) is 0 Å². The molecule has 5 heteroatoms. The number of nitrogens with one attached hydrogen (secondary N) is 1. The van der Waals surface area contributed by atoms with Crippen LogP contribution in [-0.4, -0.2) is 37.0 Å². The third-order valence-electron chi connectivity index (χ3n) is 3.77. The topological polar surface area (TPSA) is 32.3 Å². The Balaban J connectivity index is 2.09. The van der Waals surface area contributed by atoms with E-state index in [2.05, 4.69) is 5.32 Å². The van der Waals surface area contributed by atoms with Crippen LogP contribution in [0.3, 0.4) is 0 Å². The van der Waals surface area contributed by atoms with Crippen LogP contribution in [0.25, 0.3) is 0 Å². The highest BCUT2D eigenvalue weighted by Crippen LogP contribution is 2.17. The summed E-state index contributed by atoms with van der Waals surface area (Å²) in [6.07, 6.45) is 2.02. The molecule has 0 spiro atoms. The summed E-state index contributed by atoms with van der Waals surface area (Å²) in [5.74, 6) is -1.26. The molecule has 1 saturated heterocycles. The minimum absolute atomic E-state index is 0.180. The Morgan fingerprint density at radius 3 is 2.70 bits per heavy atom. The van der Waals surface area contributed by atoms with E-state index in [9.17, 15) is 13.6 Å². The van der Waals surface area contributed by atoms with Gasteiger partial charge in [-0.2, -0.15) is 0 Å². The van der Waals surface area contributed by atoms with E-state index in [0.29, 0.717) is 19.0 Å². The molecule has 0 bridgehead atoms. The lowest BCUT2D eigenvalue weighted by Gasteiger charge is -2.29. The first kappa shape index (κ1) is 14.9. The minimum Gasteiger partial charge on any atom is -0.339 e. The average Bonchev–Trinajstić information content (AvgIpc) is 2.47. The van der Waals surface area contributed by atoms with Gasteiger partial charge >= 0.3 is 0 Å². The Morgan fingerprint density at radius 2 is 2.05 bits per heavy atom. The summed E-state index contributed by atoms with van der Waals surface area (Å²) in [7, 11) is 0. The number of carbonyl (C=O) groups excluding carboxylic acids is 1. The van der Waals surface area contributed by atoms with Crippen molar-refractivity contribution in [2.45, 2.75) is 19.8 Å². The van der Waals surface area contributed by atoms with E-state index in [-0.39, 0.29) is 5.56 Å². The third-order valence-corrected chi connectivity index (χ3v) is 3.77. The maximum absolute atomic E-state index is 13.7. The third kappa shape index (κ3) is 3.54. The van der Waals surface area contributed by atoms with Crippen LogP contribution in [0, 0.1) is 17.6 Å². The zero-order valence-corrected chi connectivity index (χ0v) is 11.7. The lowest BCUT2D eigenvalue weighted by Crippen LogP contribution is -2.39. The zero-order valence-electron chi connectivity index (χ0n) is 11.7. The first-order chi connectivity index (χ1) is 9.61. The summed E-state index contributed by atoms with van der Waals surface area (Å²) in [6.45, 7) is 4.86. The summed E-state index contributed by atoms with van der Waals surface area (Å²) >= 11 is 0. The molecule has 1 aliphatic rings. The highest BCUT2D eigenvalue weighted by atomic mass is 19.1. The van der Waals surface area contributed by atoms with E-state index >= 15 is 0 Å². The van der Waals surface area contributed by atoms with E-state index in [4.69, 9.17) is 0 Å². The number of benzene rings is 1. The Hall–Kier alpha value is -1.49. The molecule has 1 aliphatic heterocycles. The monoisotopic (exact) mass is 282 g/mol. The van der Waals surface area contributed by atoms with Gasteiger partial charge in [0, 0.05) is 13.1 Å². The SMILES string of the molecule is CCN(CC1CCNCC1)C(=O)c1cc(F)ccc1F. The molecular formula is C15H20F2N2O. The van der Waals surface area contributed by atoms with Crippen molar-refractivity contribution in [2.75, 3.05) is 26.2 Å². The van der Waals surface area contributed by atoms with Crippen LogP contribution in [0.5, 0.6) is 0 Å². The van der Waals surface area contributed by atoms with Gasteiger partial charge in [-0.25, -0.2) is 8.78 Å². The van der Waals surface area contributed by atoms with E-state index < -0.39 is 17.5 Å².